The Morgan fingerprint density at radius 2 is 2.06 bits per heavy atom. The van der Waals surface area contributed by atoms with Gasteiger partial charge in [-0.15, -0.1) is 0 Å². The molecule has 88 valence electrons. The van der Waals surface area contributed by atoms with Crippen molar-refractivity contribution in [1.82, 2.24) is 4.90 Å². The molecule has 0 amide bonds. The number of anilines is 1. The van der Waals surface area contributed by atoms with Gasteiger partial charge in [0, 0.05) is 18.8 Å². The molecule has 0 aliphatic carbocycles. The van der Waals surface area contributed by atoms with Gasteiger partial charge in [0.15, 0.2) is 0 Å². The lowest BCUT2D eigenvalue weighted by Crippen LogP contribution is -2.22. The van der Waals surface area contributed by atoms with E-state index in [1.54, 1.807) is 0 Å². The molecule has 0 spiro atoms. The van der Waals surface area contributed by atoms with E-state index in [0.29, 0.717) is 0 Å². The van der Waals surface area contributed by atoms with E-state index in [2.05, 4.69) is 42.3 Å². The molecule has 0 atom stereocenters. The number of hydrogen-bond donors (Lipinski definition) is 1. The summed E-state index contributed by atoms with van der Waals surface area (Å²) in [6.07, 6.45) is 2.50. The minimum Gasteiger partial charge on any atom is -0.385 e. The lowest BCUT2D eigenvalue weighted by Gasteiger charge is -2.21. The van der Waals surface area contributed by atoms with E-state index in [0.717, 1.165) is 26.2 Å². The van der Waals surface area contributed by atoms with Crippen LogP contribution in [0.1, 0.15) is 31.4 Å². The normalized spacial score (nSPS) is 14.7. The van der Waals surface area contributed by atoms with Crippen molar-refractivity contribution < 1.29 is 0 Å². The van der Waals surface area contributed by atoms with Crippen LogP contribution in [0.3, 0.4) is 0 Å². The fourth-order valence-electron chi connectivity index (χ4n) is 2.33. The number of nitrogens with zero attached hydrogens (tertiary/aromatic N) is 1. The molecule has 0 saturated heterocycles. The van der Waals surface area contributed by atoms with Crippen molar-refractivity contribution in [3.63, 3.8) is 0 Å². The third kappa shape index (κ3) is 2.56. The highest BCUT2D eigenvalue weighted by atomic mass is 15.1. The molecule has 2 rings (SSSR count). The summed E-state index contributed by atoms with van der Waals surface area (Å²) in [7, 11) is 0. The highest BCUT2D eigenvalue weighted by Gasteiger charge is 2.09. The van der Waals surface area contributed by atoms with Crippen LogP contribution in [-0.4, -0.2) is 24.5 Å². The van der Waals surface area contributed by atoms with Gasteiger partial charge in [-0.25, -0.2) is 0 Å². The number of benzene rings is 1. The van der Waals surface area contributed by atoms with Gasteiger partial charge in [0.05, 0.1) is 0 Å². The van der Waals surface area contributed by atoms with Crippen LogP contribution in [0, 0.1) is 0 Å². The van der Waals surface area contributed by atoms with Crippen molar-refractivity contribution in [1.29, 1.82) is 0 Å². The summed E-state index contributed by atoms with van der Waals surface area (Å²) >= 11 is 0. The molecular formula is C14H22N2. The van der Waals surface area contributed by atoms with Gasteiger partial charge in [-0.05, 0) is 43.1 Å². The van der Waals surface area contributed by atoms with E-state index < -0.39 is 0 Å². The lowest BCUT2D eigenvalue weighted by atomic mass is 10.0. The Morgan fingerprint density at radius 3 is 2.81 bits per heavy atom. The van der Waals surface area contributed by atoms with Crippen LogP contribution < -0.4 is 5.32 Å². The Bertz CT molecular complexity index is 343. The number of aryl methyl sites for hydroxylation is 1. The van der Waals surface area contributed by atoms with Gasteiger partial charge in [-0.3, -0.25) is 4.90 Å². The van der Waals surface area contributed by atoms with Crippen molar-refractivity contribution in [3.05, 3.63) is 29.3 Å². The second kappa shape index (κ2) is 5.35. The molecule has 2 heteroatoms. The highest BCUT2D eigenvalue weighted by Crippen LogP contribution is 2.23. The van der Waals surface area contributed by atoms with Gasteiger partial charge in [0.1, 0.15) is 0 Å². The Hall–Kier alpha value is -1.02. The fourth-order valence-corrected chi connectivity index (χ4v) is 2.33. The Labute approximate surface area is 98.7 Å². The molecular weight excluding hydrogens is 196 g/mol. The molecule has 0 fully saturated rings. The average Bonchev–Trinajstić information content (AvgIpc) is 2.35. The van der Waals surface area contributed by atoms with Crippen LogP contribution >= 0.6 is 0 Å². The summed E-state index contributed by atoms with van der Waals surface area (Å²) < 4.78 is 0. The van der Waals surface area contributed by atoms with Crippen molar-refractivity contribution in [2.75, 3.05) is 25.0 Å². The van der Waals surface area contributed by atoms with Crippen molar-refractivity contribution >= 4 is 5.69 Å². The van der Waals surface area contributed by atoms with Crippen LogP contribution in [0.2, 0.25) is 0 Å². The van der Waals surface area contributed by atoms with Gasteiger partial charge in [-0.2, -0.15) is 0 Å². The zero-order valence-electron chi connectivity index (χ0n) is 10.4. The molecule has 1 aliphatic heterocycles. The first-order valence-electron chi connectivity index (χ1n) is 6.41. The van der Waals surface area contributed by atoms with Crippen molar-refractivity contribution in [3.8, 4) is 0 Å². The molecule has 1 N–H and O–H groups in total. The maximum atomic E-state index is 3.46. The Kier molecular flexibility index (Phi) is 3.83. The SMILES string of the molecule is CCN(CC)Cc1ccc2c(c1)CCCN2. The molecule has 0 saturated carbocycles. The second-order valence-electron chi connectivity index (χ2n) is 4.48. The third-order valence-corrected chi connectivity index (χ3v) is 3.41. The monoisotopic (exact) mass is 218 g/mol. The molecule has 0 bridgehead atoms. The van der Waals surface area contributed by atoms with E-state index in [9.17, 15) is 0 Å². The Morgan fingerprint density at radius 1 is 1.25 bits per heavy atom. The van der Waals surface area contributed by atoms with E-state index in [-0.39, 0.29) is 0 Å². The molecule has 0 aromatic heterocycles. The van der Waals surface area contributed by atoms with Crippen LogP contribution in [0.25, 0.3) is 0 Å². The van der Waals surface area contributed by atoms with Gasteiger partial charge >= 0.3 is 0 Å². The summed E-state index contributed by atoms with van der Waals surface area (Å²) in [6.45, 7) is 8.92. The maximum Gasteiger partial charge on any atom is 0.0372 e. The van der Waals surface area contributed by atoms with Gasteiger partial charge < -0.3 is 5.32 Å². The Balaban J connectivity index is 2.10. The fraction of sp³-hybridized carbons (Fsp3) is 0.571. The summed E-state index contributed by atoms with van der Waals surface area (Å²) in [6, 6.07) is 6.88. The van der Waals surface area contributed by atoms with Crippen molar-refractivity contribution in [2.24, 2.45) is 0 Å². The van der Waals surface area contributed by atoms with Crippen molar-refractivity contribution in [2.45, 2.75) is 33.2 Å². The number of rotatable bonds is 4. The van der Waals surface area contributed by atoms with Crippen LogP contribution in [0.15, 0.2) is 18.2 Å². The predicted octanol–water partition coefficient (Wildman–Crippen LogP) is 2.89. The standard InChI is InChI=1S/C14H22N2/c1-3-16(4-2)11-12-7-8-14-13(10-12)6-5-9-15-14/h7-8,10,15H,3-6,9,11H2,1-2H3. The minimum absolute atomic E-state index is 1.08. The van der Waals surface area contributed by atoms with Crippen LogP contribution in [0.5, 0.6) is 0 Å². The molecule has 2 nitrogen and oxygen atoms in total. The number of nitrogens with one attached hydrogen (secondary N) is 1. The topological polar surface area (TPSA) is 15.3 Å². The highest BCUT2D eigenvalue weighted by molar-refractivity contribution is 5.54. The largest absolute Gasteiger partial charge is 0.385 e. The smallest absolute Gasteiger partial charge is 0.0372 e. The van der Waals surface area contributed by atoms with Gasteiger partial charge in [0.25, 0.3) is 0 Å². The predicted molar refractivity (Wildman–Crippen MR) is 69.9 cm³/mol. The number of fused-ring (bicyclic) bond motifs is 1. The summed E-state index contributed by atoms with van der Waals surface area (Å²) in [5.74, 6) is 0. The molecule has 1 aromatic rings. The summed E-state index contributed by atoms with van der Waals surface area (Å²) in [5.41, 5.74) is 4.29. The van der Waals surface area contributed by atoms with Gasteiger partial charge in [0.2, 0.25) is 0 Å². The molecule has 0 unspecified atom stereocenters. The zero-order valence-corrected chi connectivity index (χ0v) is 10.4. The molecule has 1 aromatic carbocycles. The first-order chi connectivity index (χ1) is 7.83. The zero-order chi connectivity index (χ0) is 11.4. The van der Waals surface area contributed by atoms with E-state index in [4.69, 9.17) is 0 Å². The van der Waals surface area contributed by atoms with Crippen LogP contribution in [0.4, 0.5) is 5.69 Å². The van der Waals surface area contributed by atoms with Gasteiger partial charge in [-0.1, -0.05) is 26.0 Å². The summed E-state index contributed by atoms with van der Waals surface area (Å²) in [5, 5.41) is 3.46. The second-order valence-corrected chi connectivity index (χ2v) is 4.48. The number of hydrogen-bond acceptors (Lipinski definition) is 2. The lowest BCUT2D eigenvalue weighted by molar-refractivity contribution is 0.296. The maximum absolute atomic E-state index is 3.46. The first kappa shape index (κ1) is 11.5. The van der Waals surface area contributed by atoms with E-state index in [1.165, 1.54) is 29.7 Å². The molecule has 1 heterocycles. The average molecular weight is 218 g/mol. The van der Waals surface area contributed by atoms with E-state index >= 15 is 0 Å². The molecule has 16 heavy (non-hydrogen) atoms. The summed E-state index contributed by atoms with van der Waals surface area (Å²) in [4.78, 5) is 2.46. The van der Waals surface area contributed by atoms with E-state index in [1.807, 2.05) is 0 Å². The molecule has 1 aliphatic rings. The first-order valence-corrected chi connectivity index (χ1v) is 6.41. The molecule has 0 radical (unpaired) electrons. The van der Waals surface area contributed by atoms with Crippen LogP contribution in [-0.2, 0) is 13.0 Å². The minimum atomic E-state index is 1.08. The quantitative estimate of drug-likeness (QED) is 0.836. The third-order valence-electron chi connectivity index (χ3n) is 3.41.